The normalized spacial score (nSPS) is 16.5. The number of rotatable bonds is 2. The molecule has 1 saturated heterocycles. The zero-order valence-corrected chi connectivity index (χ0v) is 15.2. The van der Waals surface area contributed by atoms with Crippen molar-refractivity contribution in [2.75, 3.05) is 4.90 Å². The van der Waals surface area contributed by atoms with Gasteiger partial charge >= 0.3 is 0 Å². The van der Waals surface area contributed by atoms with Gasteiger partial charge in [-0.2, -0.15) is 0 Å². The minimum Gasteiger partial charge on any atom is -0.268 e. The summed E-state index contributed by atoms with van der Waals surface area (Å²) in [6.45, 7) is 2.02. The summed E-state index contributed by atoms with van der Waals surface area (Å²) >= 11 is 18.7. The zero-order valence-electron chi connectivity index (χ0n) is 12.0. The Morgan fingerprint density at radius 3 is 2.48 bits per heavy atom. The molecule has 23 heavy (non-hydrogen) atoms. The van der Waals surface area contributed by atoms with E-state index in [1.165, 1.54) is 22.2 Å². The summed E-state index contributed by atoms with van der Waals surface area (Å²) in [6.07, 6.45) is 1.84. The van der Waals surface area contributed by atoms with Crippen molar-refractivity contribution >= 4 is 69.2 Å². The average molecular weight is 380 g/mol. The number of thioether (sulfide) groups is 1. The van der Waals surface area contributed by atoms with E-state index < -0.39 is 0 Å². The van der Waals surface area contributed by atoms with E-state index in [-0.39, 0.29) is 5.91 Å². The van der Waals surface area contributed by atoms with Crippen LogP contribution in [-0.2, 0) is 4.79 Å². The second-order valence-corrected chi connectivity index (χ2v) is 7.54. The van der Waals surface area contributed by atoms with Crippen molar-refractivity contribution in [3.05, 3.63) is 68.5 Å². The first-order chi connectivity index (χ1) is 11.0. The summed E-state index contributed by atoms with van der Waals surface area (Å²) in [7, 11) is 0. The maximum Gasteiger partial charge on any atom is 0.270 e. The third-order valence-electron chi connectivity index (χ3n) is 3.32. The molecule has 0 bridgehead atoms. The molecule has 3 rings (SSSR count). The van der Waals surface area contributed by atoms with E-state index in [1.54, 1.807) is 18.2 Å². The summed E-state index contributed by atoms with van der Waals surface area (Å²) in [5.41, 5.74) is 2.67. The number of halogens is 2. The Bertz CT molecular complexity index is 831. The van der Waals surface area contributed by atoms with Gasteiger partial charge in [-0.25, -0.2) is 0 Å². The fourth-order valence-corrected chi connectivity index (χ4v) is 3.93. The quantitative estimate of drug-likeness (QED) is 0.492. The van der Waals surface area contributed by atoms with Crippen molar-refractivity contribution in [3.63, 3.8) is 0 Å². The zero-order chi connectivity index (χ0) is 16.6. The van der Waals surface area contributed by atoms with Crippen LogP contribution in [0.4, 0.5) is 5.69 Å². The van der Waals surface area contributed by atoms with Gasteiger partial charge in [0.1, 0.15) is 0 Å². The maximum absolute atomic E-state index is 12.7. The Morgan fingerprint density at radius 2 is 1.83 bits per heavy atom. The van der Waals surface area contributed by atoms with Crippen LogP contribution in [0.1, 0.15) is 11.1 Å². The van der Waals surface area contributed by atoms with Crippen molar-refractivity contribution in [1.82, 2.24) is 0 Å². The van der Waals surface area contributed by atoms with Gasteiger partial charge in [-0.1, -0.05) is 77.0 Å². The van der Waals surface area contributed by atoms with Crippen LogP contribution in [0, 0.1) is 6.92 Å². The van der Waals surface area contributed by atoms with E-state index in [1.807, 2.05) is 37.3 Å². The molecule has 116 valence electrons. The van der Waals surface area contributed by atoms with Gasteiger partial charge in [0.15, 0.2) is 4.32 Å². The lowest BCUT2D eigenvalue weighted by Gasteiger charge is -2.16. The molecule has 0 N–H and O–H groups in total. The Hall–Kier alpha value is -1.33. The molecule has 0 saturated carbocycles. The van der Waals surface area contributed by atoms with E-state index in [0.29, 0.717) is 25.0 Å². The highest BCUT2D eigenvalue weighted by atomic mass is 35.5. The maximum atomic E-state index is 12.7. The highest BCUT2D eigenvalue weighted by molar-refractivity contribution is 8.27. The summed E-state index contributed by atoms with van der Waals surface area (Å²) < 4.78 is 0.456. The second-order valence-electron chi connectivity index (χ2n) is 5.02. The SMILES string of the molecule is Cc1ccc(C=C2SC(=S)N(c3ccc(Cl)cc3Cl)C2=O)cc1. The molecule has 0 spiro atoms. The first kappa shape index (κ1) is 16.5. The third-order valence-corrected chi connectivity index (χ3v) is 5.16. The number of carbonyl (C=O) groups is 1. The summed E-state index contributed by atoms with van der Waals surface area (Å²) in [4.78, 5) is 14.7. The molecule has 0 atom stereocenters. The molecule has 1 amide bonds. The molecule has 2 nitrogen and oxygen atoms in total. The minimum atomic E-state index is -0.176. The van der Waals surface area contributed by atoms with E-state index in [9.17, 15) is 4.79 Å². The second kappa shape index (κ2) is 6.65. The van der Waals surface area contributed by atoms with Crippen molar-refractivity contribution in [2.45, 2.75) is 6.92 Å². The van der Waals surface area contributed by atoms with Crippen LogP contribution >= 0.6 is 47.2 Å². The number of anilines is 1. The largest absolute Gasteiger partial charge is 0.270 e. The Morgan fingerprint density at radius 1 is 1.13 bits per heavy atom. The molecule has 1 aliphatic heterocycles. The van der Waals surface area contributed by atoms with Crippen molar-refractivity contribution < 1.29 is 4.79 Å². The van der Waals surface area contributed by atoms with Crippen LogP contribution in [0.3, 0.4) is 0 Å². The van der Waals surface area contributed by atoms with Crippen LogP contribution in [0.15, 0.2) is 47.4 Å². The summed E-state index contributed by atoms with van der Waals surface area (Å²) in [5, 5.41) is 0.907. The van der Waals surface area contributed by atoms with Crippen LogP contribution in [-0.4, -0.2) is 10.2 Å². The number of nitrogens with zero attached hydrogens (tertiary/aromatic N) is 1. The standard InChI is InChI=1S/C17H11Cl2NOS2/c1-10-2-4-11(5-3-10)8-15-16(21)20(17(22)23-15)14-7-6-12(18)9-13(14)19/h2-9H,1H3. The first-order valence-corrected chi connectivity index (χ1v) is 8.73. The van der Waals surface area contributed by atoms with E-state index >= 15 is 0 Å². The average Bonchev–Trinajstić information content (AvgIpc) is 2.77. The molecule has 6 heteroatoms. The molecule has 1 fully saturated rings. The van der Waals surface area contributed by atoms with Gasteiger partial charge in [0.25, 0.3) is 5.91 Å². The van der Waals surface area contributed by atoms with E-state index in [4.69, 9.17) is 35.4 Å². The Kier molecular flexibility index (Phi) is 4.78. The number of aryl methyl sites for hydroxylation is 1. The number of thiocarbonyl (C=S) groups is 1. The molecule has 0 unspecified atom stereocenters. The first-order valence-electron chi connectivity index (χ1n) is 6.75. The number of benzene rings is 2. The van der Waals surface area contributed by atoms with Crippen LogP contribution in [0.5, 0.6) is 0 Å². The number of carbonyl (C=O) groups excluding carboxylic acids is 1. The Labute approximate surface area is 154 Å². The van der Waals surface area contributed by atoms with Crippen LogP contribution in [0.25, 0.3) is 6.08 Å². The van der Waals surface area contributed by atoms with Gasteiger partial charge in [0.05, 0.1) is 15.6 Å². The number of hydrogen-bond donors (Lipinski definition) is 0. The predicted molar refractivity (Wildman–Crippen MR) is 103 cm³/mol. The molecule has 0 aromatic heterocycles. The van der Waals surface area contributed by atoms with Gasteiger partial charge in [-0.15, -0.1) is 0 Å². The summed E-state index contributed by atoms with van der Waals surface area (Å²) in [6, 6.07) is 12.9. The Balaban J connectivity index is 1.95. The highest BCUT2D eigenvalue weighted by Gasteiger charge is 2.34. The van der Waals surface area contributed by atoms with Gasteiger partial charge in [-0.05, 0) is 36.8 Å². The van der Waals surface area contributed by atoms with Crippen molar-refractivity contribution in [1.29, 1.82) is 0 Å². The number of amides is 1. The van der Waals surface area contributed by atoms with E-state index in [2.05, 4.69) is 0 Å². The van der Waals surface area contributed by atoms with Gasteiger partial charge in [0, 0.05) is 5.02 Å². The molecular formula is C17H11Cl2NOS2. The van der Waals surface area contributed by atoms with Gasteiger partial charge < -0.3 is 0 Å². The van der Waals surface area contributed by atoms with Crippen LogP contribution in [0.2, 0.25) is 10.0 Å². The summed E-state index contributed by atoms with van der Waals surface area (Å²) in [5.74, 6) is -0.176. The lowest BCUT2D eigenvalue weighted by Crippen LogP contribution is -2.27. The fourth-order valence-electron chi connectivity index (χ4n) is 2.15. The molecule has 2 aromatic rings. The minimum absolute atomic E-state index is 0.176. The van der Waals surface area contributed by atoms with Gasteiger partial charge in [0.2, 0.25) is 0 Å². The van der Waals surface area contributed by atoms with E-state index in [0.717, 1.165) is 5.56 Å². The third kappa shape index (κ3) is 3.45. The monoisotopic (exact) mass is 379 g/mol. The van der Waals surface area contributed by atoms with Crippen molar-refractivity contribution in [3.8, 4) is 0 Å². The molecule has 2 aromatic carbocycles. The smallest absolute Gasteiger partial charge is 0.268 e. The topological polar surface area (TPSA) is 20.3 Å². The van der Waals surface area contributed by atoms with Gasteiger partial charge in [-0.3, -0.25) is 9.69 Å². The highest BCUT2D eigenvalue weighted by Crippen LogP contribution is 2.39. The van der Waals surface area contributed by atoms with Crippen molar-refractivity contribution in [2.24, 2.45) is 0 Å². The molecule has 1 heterocycles. The fraction of sp³-hybridized carbons (Fsp3) is 0.0588. The molecule has 1 aliphatic rings. The lowest BCUT2D eigenvalue weighted by atomic mass is 10.1. The molecule has 0 aliphatic carbocycles. The lowest BCUT2D eigenvalue weighted by molar-refractivity contribution is -0.113. The molecule has 0 radical (unpaired) electrons. The predicted octanol–water partition coefficient (Wildman–Crippen LogP) is 5.71. The molecular weight excluding hydrogens is 369 g/mol. The van der Waals surface area contributed by atoms with Crippen LogP contribution < -0.4 is 4.90 Å². The number of hydrogen-bond acceptors (Lipinski definition) is 3.